The highest BCUT2D eigenvalue weighted by Crippen LogP contribution is 2.25. The molecule has 0 saturated carbocycles. The Bertz CT molecular complexity index is 826. The normalized spacial score (nSPS) is 16.7. The van der Waals surface area contributed by atoms with Crippen molar-refractivity contribution in [3.63, 3.8) is 0 Å². The summed E-state index contributed by atoms with van der Waals surface area (Å²) < 4.78 is 29.2. The molecule has 26 heavy (non-hydrogen) atoms. The molecular formula is C18H26N4O3S. The first-order valence-corrected chi connectivity index (χ1v) is 10.4. The summed E-state index contributed by atoms with van der Waals surface area (Å²) in [6.07, 6.45) is 3.17. The van der Waals surface area contributed by atoms with Gasteiger partial charge in [0.1, 0.15) is 0 Å². The third kappa shape index (κ3) is 4.08. The van der Waals surface area contributed by atoms with E-state index in [1.165, 1.54) is 4.31 Å². The monoisotopic (exact) mass is 378 g/mol. The van der Waals surface area contributed by atoms with Crippen molar-refractivity contribution in [3.8, 4) is 0 Å². The van der Waals surface area contributed by atoms with Gasteiger partial charge in [-0.1, -0.05) is 6.07 Å². The van der Waals surface area contributed by atoms with Gasteiger partial charge < -0.3 is 10.4 Å². The van der Waals surface area contributed by atoms with E-state index in [0.717, 1.165) is 17.9 Å². The van der Waals surface area contributed by atoms with E-state index in [4.69, 9.17) is 0 Å². The van der Waals surface area contributed by atoms with E-state index < -0.39 is 10.0 Å². The summed E-state index contributed by atoms with van der Waals surface area (Å²) in [4.78, 5) is 0.300. The average Bonchev–Trinajstić information content (AvgIpc) is 3.14. The number of sulfonamides is 1. The van der Waals surface area contributed by atoms with Gasteiger partial charge in [-0.3, -0.25) is 4.68 Å². The van der Waals surface area contributed by atoms with Crippen molar-refractivity contribution in [2.45, 2.75) is 37.8 Å². The van der Waals surface area contributed by atoms with Gasteiger partial charge in [0.2, 0.25) is 10.0 Å². The number of aliphatic hydroxyl groups is 1. The maximum atomic E-state index is 12.9. The van der Waals surface area contributed by atoms with Gasteiger partial charge in [0.25, 0.3) is 0 Å². The van der Waals surface area contributed by atoms with Gasteiger partial charge in [-0.15, -0.1) is 0 Å². The third-order valence-electron chi connectivity index (χ3n) is 4.88. The standard InChI is InChI=1S/C18H26N4O3S/c1-2-22-17(6-9-20-22)13-19-16-4-3-5-18(12-16)26(24,25)21-10-7-15(14-23)8-11-21/h3-6,9,12,15,19,23H,2,7-8,10-11,13-14H2,1H3. The number of piperidine rings is 1. The molecule has 142 valence electrons. The minimum atomic E-state index is -3.51. The van der Waals surface area contributed by atoms with Gasteiger partial charge in [-0.25, -0.2) is 8.42 Å². The lowest BCUT2D eigenvalue weighted by Crippen LogP contribution is -2.39. The van der Waals surface area contributed by atoms with Crippen LogP contribution in [0.25, 0.3) is 0 Å². The van der Waals surface area contributed by atoms with Crippen LogP contribution in [0.4, 0.5) is 5.69 Å². The molecule has 0 bridgehead atoms. The molecule has 1 aromatic heterocycles. The fourth-order valence-electron chi connectivity index (χ4n) is 3.24. The second-order valence-electron chi connectivity index (χ2n) is 6.55. The van der Waals surface area contributed by atoms with Crippen molar-refractivity contribution in [1.82, 2.24) is 14.1 Å². The molecule has 0 spiro atoms. The highest BCUT2D eigenvalue weighted by atomic mass is 32.2. The van der Waals surface area contributed by atoms with E-state index in [2.05, 4.69) is 10.4 Å². The van der Waals surface area contributed by atoms with Crippen molar-refractivity contribution < 1.29 is 13.5 Å². The minimum Gasteiger partial charge on any atom is -0.396 e. The maximum absolute atomic E-state index is 12.9. The first-order chi connectivity index (χ1) is 12.5. The predicted molar refractivity (Wildman–Crippen MR) is 100 cm³/mol. The summed E-state index contributed by atoms with van der Waals surface area (Å²) in [6, 6.07) is 8.88. The lowest BCUT2D eigenvalue weighted by Gasteiger charge is -2.30. The summed E-state index contributed by atoms with van der Waals surface area (Å²) in [5.74, 6) is 0.206. The quantitative estimate of drug-likeness (QED) is 0.768. The summed E-state index contributed by atoms with van der Waals surface area (Å²) in [5.41, 5.74) is 1.81. The Labute approximate surface area is 154 Å². The Morgan fingerprint density at radius 1 is 1.27 bits per heavy atom. The molecule has 2 heterocycles. The molecule has 0 unspecified atom stereocenters. The van der Waals surface area contributed by atoms with Crippen LogP contribution in [0.1, 0.15) is 25.5 Å². The van der Waals surface area contributed by atoms with E-state index in [-0.39, 0.29) is 12.5 Å². The number of hydrogen-bond acceptors (Lipinski definition) is 5. The van der Waals surface area contributed by atoms with E-state index in [9.17, 15) is 13.5 Å². The van der Waals surface area contributed by atoms with Gasteiger partial charge in [-0.05, 0) is 49.9 Å². The van der Waals surface area contributed by atoms with Crippen molar-refractivity contribution in [1.29, 1.82) is 0 Å². The SMILES string of the molecule is CCn1nccc1CNc1cccc(S(=O)(=O)N2CCC(CO)CC2)c1. The smallest absolute Gasteiger partial charge is 0.243 e. The number of benzene rings is 1. The molecule has 0 atom stereocenters. The lowest BCUT2D eigenvalue weighted by molar-refractivity contribution is 0.170. The Balaban J connectivity index is 1.70. The predicted octanol–water partition coefficient (Wildman–Crippen LogP) is 1.91. The van der Waals surface area contributed by atoms with Crippen LogP contribution >= 0.6 is 0 Å². The zero-order valence-corrected chi connectivity index (χ0v) is 15.8. The van der Waals surface area contributed by atoms with Crippen LogP contribution in [0.3, 0.4) is 0 Å². The highest BCUT2D eigenvalue weighted by Gasteiger charge is 2.29. The van der Waals surface area contributed by atoms with Crippen LogP contribution in [-0.2, 0) is 23.1 Å². The van der Waals surface area contributed by atoms with Gasteiger partial charge in [0, 0.05) is 38.1 Å². The minimum absolute atomic E-state index is 0.127. The van der Waals surface area contributed by atoms with E-state index >= 15 is 0 Å². The highest BCUT2D eigenvalue weighted by molar-refractivity contribution is 7.89. The van der Waals surface area contributed by atoms with Crippen LogP contribution in [0.5, 0.6) is 0 Å². The third-order valence-corrected chi connectivity index (χ3v) is 6.78. The lowest BCUT2D eigenvalue weighted by atomic mass is 10.00. The topological polar surface area (TPSA) is 87.5 Å². The summed E-state index contributed by atoms with van der Waals surface area (Å²) in [6.45, 7) is 4.45. The van der Waals surface area contributed by atoms with Gasteiger partial charge in [0.15, 0.2) is 0 Å². The Hall–Kier alpha value is -1.90. The number of nitrogens with one attached hydrogen (secondary N) is 1. The summed E-state index contributed by atoms with van der Waals surface area (Å²) in [7, 11) is -3.51. The number of nitrogens with zero attached hydrogens (tertiary/aromatic N) is 3. The Kier molecular flexibility index (Phi) is 5.95. The summed E-state index contributed by atoms with van der Waals surface area (Å²) in [5, 5.41) is 16.7. The van der Waals surface area contributed by atoms with Gasteiger partial charge in [-0.2, -0.15) is 9.40 Å². The van der Waals surface area contributed by atoms with Gasteiger partial charge in [0.05, 0.1) is 17.1 Å². The van der Waals surface area contributed by atoms with Gasteiger partial charge >= 0.3 is 0 Å². The van der Waals surface area contributed by atoms with Crippen LogP contribution < -0.4 is 5.32 Å². The zero-order valence-electron chi connectivity index (χ0n) is 15.0. The Morgan fingerprint density at radius 3 is 2.73 bits per heavy atom. The molecule has 0 amide bonds. The average molecular weight is 378 g/mol. The number of aryl methyl sites for hydroxylation is 1. The molecule has 1 aliphatic rings. The van der Waals surface area contributed by atoms with Crippen molar-refractivity contribution in [2.75, 3.05) is 25.0 Å². The molecule has 0 radical (unpaired) electrons. The molecule has 1 fully saturated rings. The van der Waals surface area contributed by atoms with Crippen LogP contribution in [0, 0.1) is 5.92 Å². The first kappa shape index (κ1) is 18.9. The van der Waals surface area contributed by atoms with Crippen molar-refractivity contribution in [2.24, 2.45) is 5.92 Å². The van der Waals surface area contributed by atoms with Crippen LogP contribution in [-0.4, -0.2) is 47.3 Å². The number of hydrogen-bond donors (Lipinski definition) is 2. The molecule has 0 aliphatic carbocycles. The largest absolute Gasteiger partial charge is 0.396 e. The molecule has 2 N–H and O–H groups in total. The van der Waals surface area contributed by atoms with E-state index in [1.807, 2.05) is 23.7 Å². The zero-order chi connectivity index (χ0) is 18.6. The molecule has 8 heteroatoms. The number of aliphatic hydroxyl groups excluding tert-OH is 1. The first-order valence-electron chi connectivity index (χ1n) is 9.00. The molecule has 1 aliphatic heterocycles. The molecule has 1 aromatic carbocycles. The summed E-state index contributed by atoms with van der Waals surface area (Å²) >= 11 is 0. The maximum Gasteiger partial charge on any atom is 0.243 e. The molecule has 2 aromatic rings. The number of aromatic nitrogens is 2. The van der Waals surface area contributed by atoms with E-state index in [0.29, 0.717) is 37.4 Å². The van der Waals surface area contributed by atoms with Crippen molar-refractivity contribution >= 4 is 15.7 Å². The van der Waals surface area contributed by atoms with Crippen molar-refractivity contribution in [3.05, 3.63) is 42.2 Å². The van der Waals surface area contributed by atoms with Crippen LogP contribution in [0.15, 0.2) is 41.4 Å². The molecule has 3 rings (SSSR count). The van der Waals surface area contributed by atoms with E-state index in [1.54, 1.807) is 24.4 Å². The second kappa shape index (κ2) is 8.20. The fraction of sp³-hybridized carbons (Fsp3) is 0.500. The molecule has 7 nitrogen and oxygen atoms in total. The molecule has 1 saturated heterocycles. The number of rotatable bonds is 7. The molecular weight excluding hydrogens is 352 g/mol. The second-order valence-corrected chi connectivity index (χ2v) is 8.49. The van der Waals surface area contributed by atoms with Crippen LogP contribution in [0.2, 0.25) is 0 Å². The Morgan fingerprint density at radius 2 is 2.04 bits per heavy atom. The number of anilines is 1. The fourth-order valence-corrected chi connectivity index (χ4v) is 4.75.